The van der Waals surface area contributed by atoms with E-state index in [1.54, 1.807) is 60.7 Å². The topological polar surface area (TPSA) is 100 Å². The summed E-state index contributed by atoms with van der Waals surface area (Å²) in [5, 5.41) is 33.5. The van der Waals surface area contributed by atoms with Crippen LogP contribution in [0, 0.1) is 5.92 Å². The zero-order valence-electron chi connectivity index (χ0n) is 19.8. The summed E-state index contributed by atoms with van der Waals surface area (Å²) in [5.41, 5.74) is -1.47. The average Bonchev–Trinajstić information content (AvgIpc) is 2.65. The Hall–Kier alpha value is -1.86. The summed E-state index contributed by atoms with van der Waals surface area (Å²) in [6.45, 7) is 14.2. The molecule has 2 aromatic carbocycles. The van der Waals surface area contributed by atoms with E-state index in [4.69, 9.17) is 0 Å². The monoisotopic (exact) mass is 546 g/mol. The van der Waals surface area contributed by atoms with E-state index in [0.29, 0.717) is 18.0 Å². The van der Waals surface area contributed by atoms with E-state index < -0.39 is 23.5 Å². The van der Waals surface area contributed by atoms with E-state index in [0.717, 1.165) is 0 Å². The van der Waals surface area contributed by atoms with E-state index in [-0.39, 0.29) is 34.0 Å². The summed E-state index contributed by atoms with van der Waals surface area (Å²) in [6.07, 6.45) is -0.540. The van der Waals surface area contributed by atoms with Gasteiger partial charge in [0.15, 0.2) is 0 Å². The molecule has 1 N–H and O–H groups in total. The molecule has 2 unspecified atom stereocenters. The Labute approximate surface area is 202 Å². The van der Waals surface area contributed by atoms with E-state index in [9.17, 15) is 24.9 Å². The molecule has 0 aliphatic heterocycles. The van der Waals surface area contributed by atoms with Gasteiger partial charge in [-0.1, -0.05) is 60.7 Å². The first-order valence-corrected chi connectivity index (χ1v) is 13.5. The number of carboxylic acids is 2. The van der Waals surface area contributed by atoms with E-state index >= 15 is 0 Å². The van der Waals surface area contributed by atoms with Crippen molar-refractivity contribution >= 4 is 33.1 Å². The van der Waals surface area contributed by atoms with Gasteiger partial charge in [0, 0.05) is 18.3 Å². The number of carbonyl (C=O) groups excluding carboxylic acids is 2. The maximum Gasteiger partial charge on any atom is 0.116 e. The Kier molecular flexibility index (Phi) is 10.4. The molecule has 0 heterocycles. The van der Waals surface area contributed by atoms with E-state index in [2.05, 4.69) is 41.5 Å². The molecule has 0 saturated heterocycles. The van der Waals surface area contributed by atoms with Crippen LogP contribution in [0.25, 0.3) is 0 Å². The number of carboxylic acid groups (broad SMARTS) is 2. The van der Waals surface area contributed by atoms with Crippen molar-refractivity contribution in [2.75, 3.05) is 0 Å². The number of benzene rings is 2. The molecule has 5 nitrogen and oxygen atoms in total. The second-order valence-electron chi connectivity index (χ2n) is 10.1. The van der Waals surface area contributed by atoms with Gasteiger partial charge in [0.25, 0.3) is 0 Å². The molecule has 0 amide bonds. The Morgan fingerprint density at radius 2 is 1.22 bits per heavy atom. The largest absolute Gasteiger partial charge is 0.550 e. The van der Waals surface area contributed by atoms with Crippen molar-refractivity contribution in [1.82, 2.24) is 0 Å². The molecular weight excluding hydrogens is 511 g/mol. The molecule has 0 aliphatic carbocycles. The smallest absolute Gasteiger partial charge is 0.116 e. The fraction of sp³-hybridized carbons (Fsp3) is 0.462. The predicted octanol–water partition coefficient (Wildman–Crippen LogP) is 2.45. The average molecular weight is 545 g/mol. The summed E-state index contributed by atoms with van der Waals surface area (Å²) in [5.74, 6) is -5.09. The molecule has 0 aliphatic rings. The minimum atomic E-state index is -2.56. The standard InChI is InChI=1S/C18H18O5.2C4H9.Sn/c19-16(20)15(11-13-7-3-1-4-8-13)18(23,17(21)22)12-14-9-5-2-6-10-14;2*1-4(2)3;/h1-10,15,23H,11-12H2,(H,19,20)(H,21,22);2*1-3H3;/q;;;+2/p-2. The van der Waals surface area contributed by atoms with Crippen LogP contribution in [0.4, 0.5) is 0 Å². The molecule has 0 spiro atoms. The maximum absolute atomic E-state index is 11.5. The molecule has 172 valence electrons. The van der Waals surface area contributed by atoms with Crippen molar-refractivity contribution in [3.8, 4) is 0 Å². The predicted molar refractivity (Wildman–Crippen MR) is 124 cm³/mol. The number of aliphatic hydroxyl groups is 1. The van der Waals surface area contributed by atoms with Gasteiger partial charge in [-0.25, -0.2) is 0 Å². The fourth-order valence-electron chi connectivity index (χ4n) is 3.67. The van der Waals surface area contributed by atoms with Crippen molar-refractivity contribution in [1.29, 1.82) is 0 Å². The normalized spacial score (nSPS) is 14.2. The van der Waals surface area contributed by atoms with Crippen molar-refractivity contribution in [3.63, 3.8) is 0 Å². The van der Waals surface area contributed by atoms with Crippen LogP contribution >= 0.6 is 0 Å². The van der Waals surface area contributed by atoms with Crippen LogP contribution < -0.4 is 10.2 Å². The molecule has 2 atom stereocenters. The number of hydrogen-bond acceptors (Lipinski definition) is 5. The Morgan fingerprint density at radius 1 is 0.812 bits per heavy atom. The van der Waals surface area contributed by atoms with Crippen molar-refractivity contribution in [3.05, 3.63) is 71.8 Å². The van der Waals surface area contributed by atoms with Crippen LogP contribution in [-0.2, 0) is 22.4 Å². The Morgan fingerprint density at radius 3 is 1.53 bits per heavy atom. The third-order valence-corrected chi connectivity index (χ3v) is 8.84. The van der Waals surface area contributed by atoms with Gasteiger partial charge in [-0.15, -0.1) is 0 Å². The summed E-state index contributed by atoms with van der Waals surface area (Å²) < 4.78 is 1.31. The minimum absolute atomic E-state index is 0.166. The number of rotatable bonds is 7. The summed E-state index contributed by atoms with van der Waals surface area (Å²) in [6, 6.07) is 16.8. The van der Waals surface area contributed by atoms with Gasteiger partial charge in [-0.2, -0.15) is 0 Å². The first-order valence-electron chi connectivity index (χ1n) is 10.7. The summed E-state index contributed by atoms with van der Waals surface area (Å²) in [4.78, 5) is 23.0. The quantitative estimate of drug-likeness (QED) is 0.539. The first kappa shape index (κ1) is 28.2. The number of aliphatic carboxylic acids is 2. The molecule has 32 heavy (non-hydrogen) atoms. The van der Waals surface area contributed by atoms with Gasteiger partial charge in [0.05, 0.1) is 5.97 Å². The van der Waals surface area contributed by atoms with Crippen LogP contribution in [0.5, 0.6) is 0 Å². The van der Waals surface area contributed by atoms with E-state index in [1.807, 2.05) is 0 Å². The fourth-order valence-corrected chi connectivity index (χ4v) is 10.1. The molecule has 6 heteroatoms. The Bertz CT molecular complexity index is 841. The number of hydrogen-bond donors (Lipinski definition) is 1. The maximum atomic E-state index is 11.5. The van der Waals surface area contributed by atoms with Crippen LogP contribution in [-0.4, -0.2) is 43.8 Å². The molecule has 0 aromatic heterocycles. The number of carbonyl (C=O) groups is 2. The van der Waals surface area contributed by atoms with Gasteiger partial charge in [-0.3, -0.25) is 0 Å². The second kappa shape index (κ2) is 11.8. The summed E-state index contributed by atoms with van der Waals surface area (Å²) in [7, 11) is 0. The van der Waals surface area contributed by atoms with Crippen molar-refractivity contribution in [2.24, 2.45) is 5.92 Å². The minimum Gasteiger partial charge on any atom is -0.550 e. The van der Waals surface area contributed by atoms with Gasteiger partial charge in [0.2, 0.25) is 0 Å². The molecule has 0 fully saturated rings. The molecule has 2 aromatic rings. The summed E-state index contributed by atoms with van der Waals surface area (Å²) >= 11 is -0.182. The van der Waals surface area contributed by atoms with Crippen LogP contribution in [0.15, 0.2) is 60.7 Å². The molecule has 2 rings (SSSR count). The first-order chi connectivity index (χ1) is 14.6. The second-order valence-corrected chi connectivity index (χ2v) is 19.3. The van der Waals surface area contributed by atoms with Crippen LogP contribution in [0.3, 0.4) is 0 Å². The zero-order valence-corrected chi connectivity index (χ0v) is 22.7. The van der Waals surface area contributed by atoms with E-state index in [1.165, 1.54) is 0 Å². The third kappa shape index (κ3) is 10.2. The SMILES string of the molecule is C[C](C)(C)[Sn+2][C](C)(C)C.O=C([O-])C(Cc1ccccc1)C(O)(Cc1ccccc1)C(=O)[O-]. The van der Waals surface area contributed by atoms with Gasteiger partial charge in [0.1, 0.15) is 5.60 Å². The third-order valence-electron chi connectivity index (χ3n) is 4.56. The van der Waals surface area contributed by atoms with Crippen LogP contribution in [0.1, 0.15) is 52.7 Å². The van der Waals surface area contributed by atoms with Gasteiger partial charge < -0.3 is 24.9 Å². The van der Waals surface area contributed by atoms with Crippen molar-refractivity contribution in [2.45, 2.75) is 66.8 Å². The molecule has 0 radical (unpaired) electrons. The van der Waals surface area contributed by atoms with Crippen molar-refractivity contribution < 1.29 is 24.9 Å². The Balaban J connectivity index is 0.000000482. The van der Waals surface area contributed by atoms with Gasteiger partial charge in [-0.05, 0) is 17.5 Å². The van der Waals surface area contributed by atoms with Gasteiger partial charge >= 0.3 is 69.5 Å². The zero-order chi connectivity index (χ0) is 24.6. The molecule has 0 saturated carbocycles. The molecular formula is C26H34O5Sn. The van der Waals surface area contributed by atoms with Crippen LogP contribution in [0.2, 0.25) is 6.86 Å². The molecule has 0 bridgehead atoms.